The average Bonchev–Trinajstić information content (AvgIpc) is 2.80. The molecule has 0 spiro atoms. The molecular formula is C13H15FN2O3. The highest BCUT2D eigenvalue weighted by Crippen LogP contribution is 2.25. The fourth-order valence-electron chi connectivity index (χ4n) is 2.30. The van der Waals surface area contributed by atoms with Gasteiger partial charge < -0.3 is 15.7 Å². The first-order valence-electron chi connectivity index (χ1n) is 6.12. The summed E-state index contributed by atoms with van der Waals surface area (Å²) in [5.74, 6) is -1.80. The molecule has 102 valence electrons. The molecule has 0 saturated heterocycles. The minimum absolute atomic E-state index is 0.349. The van der Waals surface area contributed by atoms with E-state index in [1.807, 2.05) is 0 Å². The second kappa shape index (κ2) is 5.69. The monoisotopic (exact) mass is 266 g/mol. The van der Waals surface area contributed by atoms with E-state index in [9.17, 15) is 14.0 Å². The zero-order valence-corrected chi connectivity index (χ0v) is 10.2. The first-order valence-corrected chi connectivity index (χ1v) is 6.12. The molecule has 19 heavy (non-hydrogen) atoms. The SMILES string of the molecule is O=C(Nc1ccc(F)cc1)NC1CCCC1C(=O)O. The molecule has 2 rings (SSSR count). The first-order chi connectivity index (χ1) is 9.06. The first kappa shape index (κ1) is 13.3. The van der Waals surface area contributed by atoms with Crippen molar-refractivity contribution in [2.24, 2.45) is 5.92 Å². The molecule has 2 unspecified atom stereocenters. The highest BCUT2D eigenvalue weighted by Gasteiger charge is 2.33. The van der Waals surface area contributed by atoms with E-state index < -0.39 is 17.9 Å². The van der Waals surface area contributed by atoms with E-state index in [2.05, 4.69) is 10.6 Å². The molecule has 1 fully saturated rings. The molecule has 0 bridgehead atoms. The van der Waals surface area contributed by atoms with E-state index in [0.717, 1.165) is 6.42 Å². The summed E-state index contributed by atoms with van der Waals surface area (Å²) in [7, 11) is 0. The molecule has 2 atom stereocenters. The molecule has 1 aromatic carbocycles. The average molecular weight is 266 g/mol. The molecule has 0 aliphatic heterocycles. The van der Waals surface area contributed by atoms with Crippen molar-refractivity contribution in [2.45, 2.75) is 25.3 Å². The molecule has 1 aliphatic rings. The Morgan fingerprint density at radius 1 is 1.21 bits per heavy atom. The third-order valence-corrected chi connectivity index (χ3v) is 3.25. The summed E-state index contributed by atoms with van der Waals surface area (Å²) in [6.45, 7) is 0. The van der Waals surface area contributed by atoms with E-state index in [0.29, 0.717) is 18.5 Å². The van der Waals surface area contributed by atoms with E-state index in [-0.39, 0.29) is 11.9 Å². The second-order valence-electron chi connectivity index (χ2n) is 4.59. The van der Waals surface area contributed by atoms with Crippen LogP contribution in [0.15, 0.2) is 24.3 Å². The number of rotatable bonds is 3. The summed E-state index contributed by atoms with van der Waals surface area (Å²) < 4.78 is 12.7. The van der Waals surface area contributed by atoms with Gasteiger partial charge in [0.05, 0.1) is 5.92 Å². The van der Waals surface area contributed by atoms with E-state index in [1.54, 1.807) is 0 Å². The number of aliphatic carboxylic acids is 1. The number of nitrogens with one attached hydrogen (secondary N) is 2. The Balaban J connectivity index is 1.90. The molecule has 1 aromatic rings. The number of benzene rings is 1. The van der Waals surface area contributed by atoms with Crippen molar-refractivity contribution in [3.63, 3.8) is 0 Å². The highest BCUT2D eigenvalue weighted by molar-refractivity contribution is 5.89. The molecule has 2 amide bonds. The maximum absolute atomic E-state index is 12.7. The lowest BCUT2D eigenvalue weighted by atomic mass is 10.0. The van der Waals surface area contributed by atoms with Crippen LogP contribution in [0, 0.1) is 11.7 Å². The molecule has 1 saturated carbocycles. The fraction of sp³-hybridized carbons (Fsp3) is 0.385. The van der Waals surface area contributed by atoms with Crippen LogP contribution in [0.3, 0.4) is 0 Å². The van der Waals surface area contributed by atoms with Gasteiger partial charge in [0, 0.05) is 11.7 Å². The van der Waals surface area contributed by atoms with Gasteiger partial charge in [-0.2, -0.15) is 0 Å². The highest BCUT2D eigenvalue weighted by atomic mass is 19.1. The van der Waals surface area contributed by atoms with Gasteiger partial charge in [-0.25, -0.2) is 9.18 Å². The molecule has 6 heteroatoms. The van der Waals surface area contributed by atoms with E-state index in [1.165, 1.54) is 24.3 Å². The second-order valence-corrected chi connectivity index (χ2v) is 4.59. The summed E-state index contributed by atoms with van der Waals surface area (Å²) in [4.78, 5) is 22.7. The Hall–Kier alpha value is -2.11. The van der Waals surface area contributed by atoms with Gasteiger partial charge in [0.15, 0.2) is 0 Å². The minimum Gasteiger partial charge on any atom is -0.481 e. The van der Waals surface area contributed by atoms with Crippen LogP contribution in [0.25, 0.3) is 0 Å². The summed E-state index contributed by atoms with van der Waals surface area (Å²) >= 11 is 0. The van der Waals surface area contributed by atoms with Crippen LogP contribution >= 0.6 is 0 Å². The van der Waals surface area contributed by atoms with Crippen molar-refractivity contribution in [2.75, 3.05) is 5.32 Å². The number of halogens is 1. The summed E-state index contributed by atoms with van der Waals surface area (Å²) in [5, 5.41) is 14.2. The zero-order chi connectivity index (χ0) is 13.8. The lowest BCUT2D eigenvalue weighted by molar-refractivity contribution is -0.142. The standard InChI is InChI=1S/C13H15FN2O3/c14-8-4-6-9(7-5-8)15-13(19)16-11-3-1-2-10(11)12(17)18/h4-7,10-11H,1-3H2,(H,17,18)(H2,15,16,19). The predicted octanol–water partition coefficient (Wildman–Crippen LogP) is 2.20. The number of carboxylic acid groups (broad SMARTS) is 1. The summed E-state index contributed by atoms with van der Waals surface area (Å²) in [5.41, 5.74) is 0.462. The lowest BCUT2D eigenvalue weighted by Crippen LogP contribution is -2.42. The molecule has 5 nitrogen and oxygen atoms in total. The third kappa shape index (κ3) is 3.43. The van der Waals surface area contributed by atoms with Crippen LogP contribution in [0.5, 0.6) is 0 Å². The van der Waals surface area contributed by atoms with Gasteiger partial charge in [0.2, 0.25) is 0 Å². The Labute approximate surface area is 109 Å². The normalized spacial score (nSPS) is 21.9. The number of urea groups is 1. The van der Waals surface area contributed by atoms with Crippen LogP contribution < -0.4 is 10.6 Å². The maximum Gasteiger partial charge on any atom is 0.319 e. The van der Waals surface area contributed by atoms with Gasteiger partial charge in [-0.1, -0.05) is 6.42 Å². The van der Waals surface area contributed by atoms with Gasteiger partial charge >= 0.3 is 12.0 Å². The topological polar surface area (TPSA) is 78.4 Å². The van der Waals surface area contributed by atoms with Gasteiger partial charge in [-0.3, -0.25) is 4.79 Å². The number of carbonyl (C=O) groups excluding carboxylic acids is 1. The van der Waals surface area contributed by atoms with Crippen LogP contribution in [-0.4, -0.2) is 23.1 Å². The largest absolute Gasteiger partial charge is 0.481 e. The van der Waals surface area contributed by atoms with Crippen LogP contribution in [-0.2, 0) is 4.79 Å². The van der Waals surface area contributed by atoms with Crippen LogP contribution in [0.1, 0.15) is 19.3 Å². The van der Waals surface area contributed by atoms with E-state index >= 15 is 0 Å². The number of hydrogen-bond donors (Lipinski definition) is 3. The van der Waals surface area contributed by atoms with E-state index in [4.69, 9.17) is 5.11 Å². The third-order valence-electron chi connectivity index (χ3n) is 3.25. The molecule has 0 radical (unpaired) electrons. The van der Waals surface area contributed by atoms with Crippen molar-refractivity contribution < 1.29 is 19.1 Å². The molecule has 0 heterocycles. The van der Waals surface area contributed by atoms with Crippen molar-refractivity contribution in [3.05, 3.63) is 30.1 Å². The number of amides is 2. The Morgan fingerprint density at radius 2 is 1.89 bits per heavy atom. The quantitative estimate of drug-likeness (QED) is 0.784. The Kier molecular flexibility index (Phi) is 3.99. The molecule has 0 aromatic heterocycles. The van der Waals surface area contributed by atoms with Crippen molar-refractivity contribution in [1.29, 1.82) is 0 Å². The van der Waals surface area contributed by atoms with Gasteiger partial charge in [0.25, 0.3) is 0 Å². The Bertz CT molecular complexity index is 475. The van der Waals surface area contributed by atoms with Crippen molar-refractivity contribution in [3.8, 4) is 0 Å². The number of carboxylic acids is 1. The smallest absolute Gasteiger partial charge is 0.319 e. The van der Waals surface area contributed by atoms with Gasteiger partial charge in [0.1, 0.15) is 5.82 Å². The van der Waals surface area contributed by atoms with Gasteiger partial charge in [-0.15, -0.1) is 0 Å². The van der Waals surface area contributed by atoms with Crippen molar-refractivity contribution in [1.82, 2.24) is 5.32 Å². The fourth-order valence-corrected chi connectivity index (χ4v) is 2.30. The number of carbonyl (C=O) groups is 2. The summed E-state index contributed by atoms with van der Waals surface area (Å²) in [6, 6.07) is 4.55. The van der Waals surface area contributed by atoms with Crippen LogP contribution in [0.4, 0.5) is 14.9 Å². The number of anilines is 1. The zero-order valence-electron chi connectivity index (χ0n) is 10.2. The molecule has 1 aliphatic carbocycles. The van der Waals surface area contributed by atoms with Crippen LogP contribution in [0.2, 0.25) is 0 Å². The molecular weight excluding hydrogens is 251 g/mol. The minimum atomic E-state index is -0.885. The molecule has 3 N–H and O–H groups in total. The number of hydrogen-bond acceptors (Lipinski definition) is 2. The predicted molar refractivity (Wildman–Crippen MR) is 67.3 cm³/mol. The van der Waals surface area contributed by atoms with Gasteiger partial charge in [-0.05, 0) is 37.1 Å². The Morgan fingerprint density at radius 3 is 2.53 bits per heavy atom. The lowest BCUT2D eigenvalue weighted by Gasteiger charge is -2.17. The maximum atomic E-state index is 12.7. The van der Waals surface area contributed by atoms with Crippen molar-refractivity contribution >= 4 is 17.7 Å². The summed E-state index contributed by atoms with van der Waals surface area (Å²) in [6.07, 6.45) is 2.03.